The lowest BCUT2D eigenvalue weighted by Crippen LogP contribution is -2.57. The Labute approximate surface area is 179 Å². The zero-order valence-corrected chi connectivity index (χ0v) is 19.0. The van der Waals surface area contributed by atoms with Gasteiger partial charge in [-0.3, -0.25) is 4.99 Å². The van der Waals surface area contributed by atoms with E-state index in [2.05, 4.69) is 46.4 Å². The molecule has 1 unspecified atom stereocenters. The molecule has 150 valence electrons. The molecule has 0 spiro atoms. The Balaban J connectivity index is 0.00000261. The van der Waals surface area contributed by atoms with Crippen LogP contribution < -0.4 is 5.32 Å². The lowest BCUT2D eigenvalue weighted by molar-refractivity contribution is 0.0137. The standard InChI is InChI=1S/C20H30N4O2.HI/c1-15-5-7-16(8-6-15)9-10-21-18-22-13-17-14-23(11-12-24(17)18)19(25)26-20(2,3)4;/h5-8,17H,9-14H2,1-4H3,(H,21,22);1H. The lowest BCUT2D eigenvalue weighted by atomic mass is 10.1. The average Bonchev–Trinajstić information content (AvgIpc) is 2.97. The lowest BCUT2D eigenvalue weighted by Gasteiger charge is -2.39. The normalized spacial score (nSPS) is 19.1. The van der Waals surface area contributed by atoms with Crippen LogP contribution in [-0.2, 0) is 11.2 Å². The minimum absolute atomic E-state index is 0. The van der Waals surface area contributed by atoms with E-state index in [1.165, 1.54) is 11.1 Å². The fourth-order valence-electron chi connectivity index (χ4n) is 3.30. The maximum absolute atomic E-state index is 12.3. The first-order valence-electron chi connectivity index (χ1n) is 9.40. The van der Waals surface area contributed by atoms with Gasteiger partial charge < -0.3 is 19.9 Å². The first-order chi connectivity index (χ1) is 12.3. The maximum atomic E-state index is 12.3. The van der Waals surface area contributed by atoms with Gasteiger partial charge in [0.05, 0.1) is 12.6 Å². The van der Waals surface area contributed by atoms with E-state index in [0.29, 0.717) is 13.1 Å². The molecule has 6 nitrogen and oxygen atoms in total. The molecule has 3 rings (SSSR count). The van der Waals surface area contributed by atoms with Crippen LogP contribution in [0.3, 0.4) is 0 Å². The molecule has 1 N–H and O–H groups in total. The quantitative estimate of drug-likeness (QED) is 0.668. The van der Waals surface area contributed by atoms with Gasteiger partial charge in [0.15, 0.2) is 5.96 Å². The topological polar surface area (TPSA) is 57.2 Å². The molecule has 27 heavy (non-hydrogen) atoms. The van der Waals surface area contributed by atoms with E-state index in [1.807, 2.05) is 20.8 Å². The number of guanidine groups is 1. The van der Waals surface area contributed by atoms with Crippen molar-refractivity contribution in [2.24, 2.45) is 4.99 Å². The molecule has 0 aliphatic carbocycles. The van der Waals surface area contributed by atoms with Crippen LogP contribution in [0, 0.1) is 6.92 Å². The van der Waals surface area contributed by atoms with Crippen molar-refractivity contribution in [1.29, 1.82) is 0 Å². The Bertz CT molecular complexity index is 670. The molecule has 7 heteroatoms. The summed E-state index contributed by atoms with van der Waals surface area (Å²) in [4.78, 5) is 21.0. The summed E-state index contributed by atoms with van der Waals surface area (Å²) in [5, 5.41) is 3.47. The number of ether oxygens (including phenoxy) is 1. The van der Waals surface area contributed by atoms with Crippen LogP contribution in [0.4, 0.5) is 4.79 Å². The van der Waals surface area contributed by atoms with Crippen molar-refractivity contribution in [3.05, 3.63) is 35.4 Å². The van der Waals surface area contributed by atoms with Crippen molar-refractivity contribution in [2.45, 2.75) is 45.8 Å². The molecule has 0 radical (unpaired) electrons. The molecule has 1 atom stereocenters. The van der Waals surface area contributed by atoms with Gasteiger partial charge in [0.2, 0.25) is 0 Å². The van der Waals surface area contributed by atoms with Crippen molar-refractivity contribution in [2.75, 3.05) is 32.7 Å². The Kier molecular flexibility index (Phi) is 7.36. The summed E-state index contributed by atoms with van der Waals surface area (Å²) in [7, 11) is 0. The van der Waals surface area contributed by atoms with Gasteiger partial charge >= 0.3 is 6.09 Å². The molecule has 1 aromatic carbocycles. The SMILES string of the molecule is Cc1ccc(CCNC2=NCC3CN(C(=O)OC(C)(C)C)CCN23)cc1.I. The zero-order chi connectivity index (χ0) is 18.7. The summed E-state index contributed by atoms with van der Waals surface area (Å²) in [6, 6.07) is 8.90. The molecule has 1 aromatic rings. The van der Waals surface area contributed by atoms with E-state index in [1.54, 1.807) is 4.90 Å². The fourth-order valence-corrected chi connectivity index (χ4v) is 3.30. The van der Waals surface area contributed by atoms with Gasteiger partial charge in [-0.25, -0.2) is 4.79 Å². The number of benzene rings is 1. The highest BCUT2D eigenvalue weighted by atomic mass is 127. The predicted molar refractivity (Wildman–Crippen MR) is 119 cm³/mol. The van der Waals surface area contributed by atoms with Gasteiger partial charge in [0.25, 0.3) is 0 Å². The number of fused-ring (bicyclic) bond motifs is 1. The van der Waals surface area contributed by atoms with Crippen LogP contribution in [0.15, 0.2) is 29.3 Å². The zero-order valence-electron chi connectivity index (χ0n) is 16.7. The first-order valence-corrected chi connectivity index (χ1v) is 9.40. The third-order valence-corrected chi connectivity index (χ3v) is 4.68. The molecule has 1 fully saturated rings. The van der Waals surface area contributed by atoms with Gasteiger partial charge in [-0.1, -0.05) is 29.8 Å². The Morgan fingerprint density at radius 1 is 1.26 bits per heavy atom. The molecule has 0 bridgehead atoms. The van der Waals surface area contributed by atoms with Crippen LogP contribution in [-0.4, -0.2) is 66.2 Å². The van der Waals surface area contributed by atoms with Crippen LogP contribution >= 0.6 is 24.0 Å². The van der Waals surface area contributed by atoms with Crippen molar-refractivity contribution in [3.8, 4) is 0 Å². The summed E-state index contributed by atoms with van der Waals surface area (Å²) >= 11 is 0. The Hall–Kier alpha value is -1.51. The molecule has 1 saturated heterocycles. The largest absolute Gasteiger partial charge is 0.444 e. The highest BCUT2D eigenvalue weighted by Crippen LogP contribution is 2.18. The predicted octanol–water partition coefficient (Wildman–Crippen LogP) is 3.04. The molecule has 2 aliphatic rings. The monoisotopic (exact) mass is 486 g/mol. The van der Waals surface area contributed by atoms with Crippen molar-refractivity contribution in [3.63, 3.8) is 0 Å². The molecule has 0 saturated carbocycles. The van der Waals surface area contributed by atoms with Crippen LogP contribution in [0.5, 0.6) is 0 Å². The maximum Gasteiger partial charge on any atom is 0.410 e. The highest BCUT2D eigenvalue weighted by Gasteiger charge is 2.36. The summed E-state index contributed by atoms with van der Waals surface area (Å²) in [6.45, 7) is 11.5. The third-order valence-electron chi connectivity index (χ3n) is 4.68. The smallest absolute Gasteiger partial charge is 0.410 e. The highest BCUT2D eigenvalue weighted by molar-refractivity contribution is 14.0. The number of carbonyl (C=O) groups is 1. The summed E-state index contributed by atoms with van der Waals surface area (Å²) in [5.74, 6) is 0.964. The number of halogens is 1. The van der Waals surface area contributed by atoms with E-state index >= 15 is 0 Å². The molecule has 0 aromatic heterocycles. The van der Waals surface area contributed by atoms with Gasteiger partial charge in [0.1, 0.15) is 5.60 Å². The second-order valence-electron chi connectivity index (χ2n) is 8.10. The summed E-state index contributed by atoms with van der Waals surface area (Å²) < 4.78 is 5.49. The number of nitrogens with zero attached hydrogens (tertiary/aromatic N) is 3. The van der Waals surface area contributed by atoms with Gasteiger partial charge in [-0.15, -0.1) is 24.0 Å². The number of piperazine rings is 1. The van der Waals surface area contributed by atoms with Crippen molar-refractivity contribution in [1.82, 2.24) is 15.1 Å². The summed E-state index contributed by atoms with van der Waals surface area (Å²) in [5.41, 5.74) is 2.16. The van der Waals surface area contributed by atoms with Crippen LogP contribution in [0.2, 0.25) is 0 Å². The number of aryl methyl sites for hydroxylation is 1. The van der Waals surface area contributed by atoms with Crippen molar-refractivity contribution >= 4 is 36.0 Å². The number of nitrogens with one attached hydrogen (secondary N) is 1. The number of hydrogen-bond donors (Lipinski definition) is 1. The second-order valence-corrected chi connectivity index (χ2v) is 8.10. The second kappa shape index (κ2) is 9.12. The Morgan fingerprint density at radius 2 is 1.96 bits per heavy atom. The minimum atomic E-state index is -0.455. The van der Waals surface area contributed by atoms with Gasteiger partial charge in [-0.05, 0) is 39.7 Å². The first kappa shape index (κ1) is 21.8. The minimum Gasteiger partial charge on any atom is -0.444 e. The fraction of sp³-hybridized carbons (Fsp3) is 0.600. The number of aliphatic imine (C=N–C) groups is 1. The average molecular weight is 486 g/mol. The van der Waals surface area contributed by atoms with E-state index < -0.39 is 5.60 Å². The van der Waals surface area contributed by atoms with E-state index in [4.69, 9.17) is 4.74 Å². The number of hydrogen-bond acceptors (Lipinski definition) is 5. The number of amides is 1. The van der Waals surface area contributed by atoms with Crippen LogP contribution in [0.1, 0.15) is 31.9 Å². The van der Waals surface area contributed by atoms with E-state index in [9.17, 15) is 4.79 Å². The number of carbonyl (C=O) groups excluding carboxylic acids is 1. The Morgan fingerprint density at radius 3 is 2.63 bits per heavy atom. The third kappa shape index (κ3) is 5.99. The summed E-state index contributed by atoms with van der Waals surface area (Å²) in [6.07, 6.45) is 0.750. The molecule has 2 heterocycles. The van der Waals surface area contributed by atoms with E-state index in [-0.39, 0.29) is 36.1 Å². The van der Waals surface area contributed by atoms with Crippen molar-refractivity contribution < 1.29 is 9.53 Å². The molecule has 1 amide bonds. The molecular formula is C20H31IN4O2. The molecular weight excluding hydrogens is 455 g/mol. The number of rotatable bonds is 3. The van der Waals surface area contributed by atoms with Gasteiger partial charge in [-0.2, -0.15) is 0 Å². The van der Waals surface area contributed by atoms with Gasteiger partial charge in [0, 0.05) is 26.2 Å². The van der Waals surface area contributed by atoms with Crippen LogP contribution in [0.25, 0.3) is 0 Å². The molecule has 2 aliphatic heterocycles. The van der Waals surface area contributed by atoms with E-state index in [0.717, 1.165) is 32.0 Å².